The molecule has 14 nitrogen and oxygen atoms in total. The lowest BCUT2D eigenvalue weighted by Crippen LogP contribution is -2.48. The molecular formula is C23H28N4O10S. The second kappa shape index (κ2) is 11.0. The number of hydrogen-bond donors (Lipinski definition) is 11. The molecule has 0 bridgehead atoms. The fourth-order valence-electron chi connectivity index (χ4n) is 3.62. The number of ether oxygens (including phenoxy) is 1. The molecule has 1 atom stereocenters. The monoisotopic (exact) mass is 552 g/mol. The molecule has 38 heavy (non-hydrogen) atoms. The van der Waals surface area contributed by atoms with Crippen molar-refractivity contribution in [2.75, 3.05) is 24.7 Å². The molecule has 0 spiro atoms. The number of carbonyl (C=O) groups is 1. The second-order valence-electron chi connectivity index (χ2n) is 8.43. The summed E-state index contributed by atoms with van der Waals surface area (Å²) < 4.78 is 5.27. The van der Waals surface area contributed by atoms with Crippen molar-refractivity contribution in [2.45, 2.75) is 31.1 Å². The van der Waals surface area contributed by atoms with E-state index in [9.17, 15) is 45.6 Å². The number of nitrogens with one attached hydrogen (secondary N) is 2. The molecule has 3 rings (SSSR count). The molecule has 2 aromatic carbocycles. The standard InChI is InChI=1S/C23H28N4O10S/c1-10-15(17(29)19(31)18(30)16(10)28)13(37-2)8-25-22(33,34)7-11-3-5-12(6-4-11)26-20(32)23(35,36)14-9-38-21(24)27-14/h3-6,9,13,25,28-31,33-36H,7-8H2,1-2H3,(H2,24,27)(H,26,32). The third-order valence-electron chi connectivity index (χ3n) is 5.72. The highest BCUT2D eigenvalue weighted by Crippen LogP contribution is 2.49. The van der Waals surface area contributed by atoms with E-state index in [4.69, 9.17) is 10.5 Å². The summed E-state index contributed by atoms with van der Waals surface area (Å²) in [6, 6.07) is 5.71. The van der Waals surface area contributed by atoms with Crippen molar-refractivity contribution in [2.24, 2.45) is 0 Å². The number of phenolic OH excluding ortho intramolecular Hbond substituents is 4. The second-order valence-corrected chi connectivity index (χ2v) is 9.32. The zero-order chi connectivity index (χ0) is 28.4. The van der Waals surface area contributed by atoms with Crippen LogP contribution in [0.25, 0.3) is 0 Å². The zero-order valence-electron chi connectivity index (χ0n) is 20.2. The molecule has 0 radical (unpaired) electrons. The van der Waals surface area contributed by atoms with Crippen LogP contribution in [-0.2, 0) is 21.7 Å². The number of methoxy groups -OCH3 is 1. The Bertz CT molecular complexity index is 1280. The van der Waals surface area contributed by atoms with Crippen LogP contribution in [0.3, 0.4) is 0 Å². The highest BCUT2D eigenvalue weighted by Gasteiger charge is 2.38. The number of aliphatic hydroxyl groups is 4. The predicted octanol–water partition coefficient (Wildman–Crippen LogP) is -0.210. The molecule has 206 valence electrons. The van der Waals surface area contributed by atoms with E-state index in [1.54, 1.807) is 0 Å². The summed E-state index contributed by atoms with van der Waals surface area (Å²) in [6.07, 6.45) is -1.43. The first-order chi connectivity index (χ1) is 17.7. The lowest BCUT2D eigenvalue weighted by Gasteiger charge is -2.27. The van der Waals surface area contributed by atoms with Crippen molar-refractivity contribution in [1.29, 1.82) is 0 Å². The van der Waals surface area contributed by atoms with Crippen LogP contribution in [0.5, 0.6) is 23.0 Å². The Morgan fingerprint density at radius 2 is 1.66 bits per heavy atom. The van der Waals surface area contributed by atoms with E-state index in [0.29, 0.717) is 5.56 Å². The van der Waals surface area contributed by atoms with Gasteiger partial charge in [0.1, 0.15) is 5.69 Å². The van der Waals surface area contributed by atoms with Gasteiger partial charge in [-0.3, -0.25) is 10.1 Å². The lowest BCUT2D eigenvalue weighted by molar-refractivity contribution is -0.187. The summed E-state index contributed by atoms with van der Waals surface area (Å²) in [4.78, 5) is 16.0. The van der Waals surface area contributed by atoms with E-state index in [0.717, 1.165) is 11.3 Å². The van der Waals surface area contributed by atoms with Gasteiger partial charge in [0.05, 0.1) is 6.10 Å². The number of aromatic hydroxyl groups is 4. The van der Waals surface area contributed by atoms with E-state index in [-0.39, 0.29) is 40.6 Å². The highest BCUT2D eigenvalue weighted by molar-refractivity contribution is 7.13. The van der Waals surface area contributed by atoms with Gasteiger partial charge in [-0.2, -0.15) is 0 Å². The minimum absolute atomic E-state index is 0.0126. The number of anilines is 2. The van der Waals surface area contributed by atoms with Crippen LogP contribution < -0.4 is 16.4 Å². The maximum absolute atomic E-state index is 12.3. The molecule has 0 saturated carbocycles. The minimum atomic E-state index is -2.92. The third kappa shape index (κ3) is 6.05. The molecule has 0 saturated heterocycles. The predicted molar refractivity (Wildman–Crippen MR) is 134 cm³/mol. The molecule has 0 fully saturated rings. The van der Waals surface area contributed by atoms with Gasteiger partial charge in [0.15, 0.2) is 16.6 Å². The van der Waals surface area contributed by atoms with Crippen LogP contribution in [0, 0.1) is 6.92 Å². The fraction of sp³-hybridized carbons (Fsp3) is 0.304. The summed E-state index contributed by atoms with van der Waals surface area (Å²) in [6.45, 7) is 1.07. The lowest BCUT2D eigenvalue weighted by atomic mass is 9.99. The van der Waals surface area contributed by atoms with Crippen LogP contribution in [0.2, 0.25) is 0 Å². The molecule has 0 aliphatic heterocycles. The van der Waals surface area contributed by atoms with Gasteiger partial charge < -0.3 is 56.6 Å². The number of amides is 1. The summed E-state index contributed by atoms with van der Waals surface area (Å²) >= 11 is 0.932. The number of phenols is 4. The first kappa shape index (κ1) is 28.9. The third-order valence-corrected chi connectivity index (χ3v) is 6.40. The number of thiazole rings is 1. The Kier molecular flexibility index (Phi) is 8.33. The average molecular weight is 553 g/mol. The number of hydrogen-bond acceptors (Lipinski definition) is 14. The molecule has 0 aliphatic carbocycles. The maximum Gasteiger partial charge on any atom is 0.291 e. The molecule has 1 amide bonds. The number of nitrogens with zero attached hydrogens (tertiary/aromatic N) is 1. The van der Waals surface area contributed by atoms with Gasteiger partial charge in [0, 0.05) is 42.3 Å². The van der Waals surface area contributed by atoms with Crippen LogP contribution in [0.1, 0.15) is 28.5 Å². The first-order valence-corrected chi connectivity index (χ1v) is 11.8. The molecule has 0 aliphatic rings. The van der Waals surface area contributed by atoms with Crippen LogP contribution in [0.15, 0.2) is 29.6 Å². The molecule has 1 aromatic heterocycles. The number of carbonyl (C=O) groups excluding carboxylic acids is 1. The summed E-state index contributed by atoms with van der Waals surface area (Å²) in [5.74, 6) is -9.84. The van der Waals surface area contributed by atoms with Gasteiger partial charge in [-0.05, 0) is 24.6 Å². The number of rotatable bonds is 10. The Labute approximate surface area is 219 Å². The van der Waals surface area contributed by atoms with Crippen LogP contribution in [0.4, 0.5) is 10.8 Å². The van der Waals surface area contributed by atoms with E-state index in [1.165, 1.54) is 43.7 Å². The first-order valence-electron chi connectivity index (χ1n) is 10.9. The molecule has 1 unspecified atom stereocenters. The molecule has 12 N–H and O–H groups in total. The fourth-order valence-corrected chi connectivity index (χ4v) is 4.22. The molecule has 15 heteroatoms. The van der Waals surface area contributed by atoms with Gasteiger partial charge in [0.2, 0.25) is 17.4 Å². The largest absolute Gasteiger partial charge is 0.504 e. The zero-order valence-corrected chi connectivity index (χ0v) is 21.0. The Morgan fingerprint density at radius 3 is 2.21 bits per heavy atom. The quantitative estimate of drug-likeness (QED) is 0.0886. The minimum Gasteiger partial charge on any atom is -0.504 e. The molecule has 1 heterocycles. The number of nitrogens with two attached hydrogens (primary N) is 1. The normalized spacial score (nSPS) is 12.9. The van der Waals surface area contributed by atoms with Crippen molar-refractivity contribution in [3.05, 3.63) is 52.0 Å². The smallest absolute Gasteiger partial charge is 0.291 e. The van der Waals surface area contributed by atoms with Gasteiger partial charge in [-0.15, -0.1) is 11.3 Å². The van der Waals surface area contributed by atoms with E-state index in [1.807, 2.05) is 0 Å². The molecular weight excluding hydrogens is 524 g/mol. The Hall–Kier alpha value is -3.70. The van der Waals surface area contributed by atoms with Crippen LogP contribution >= 0.6 is 11.3 Å². The van der Waals surface area contributed by atoms with Gasteiger partial charge in [-0.25, -0.2) is 4.98 Å². The summed E-state index contributed by atoms with van der Waals surface area (Å²) in [7, 11) is 1.26. The van der Waals surface area contributed by atoms with Crippen molar-refractivity contribution < 1.29 is 50.4 Å². The highest BCUT2D eigenvalue weighted by atomic mass is 32.1. The summed E-state index contributed by atoms with van der Waals surface area (Å²) in [5, 5.41) is 86.9. The van der Waals surface area contributed by atoms with E-state index < -0.39 is 46.7 Å². The van der Waals surface area contributed by atoms with E-state index in [2.05, 4.69) is 15.6 Å². The number of nitrogen functional groups attached to an aromatic ring is 1. The Morgan fingerprint density at radius 1 is 1.05 bits per heavy atom. The number of aromatic nitrogens is 1. The SMILES string of the molecule is COC(CNC(O)(O)Cc1ccc(NC(=O)C(O)(O)c2csc(N)n2)cc1)c1c(C)c(O)c(O)c(O)c1O. The van der Waals surface area contributed by atoms with Crippen molar-refractivity contribution in [1.82, 2.24) is 10.3 Å². The maximum atomic E-state index is 12.3. The van der Waals surface area contributed by atoms with Gasteiger partial charge in [0.25, 0.3) is 11.7 Å². The van der Waals surface area contributed by atoms with Gasteiger partial charge >= 0.3 is 0 Å². The van der Waals surface area contributed by atoms with Crippen molar-refractivity contribution in [3.63, 3.8) is 0 Å². The molecule has 3 aromatic rings. The van der Waals surface area contributed by atoms with Crippen LogP contribution in [-0.4, -0.2) is 71.3 Å². The van der Waals surface area contributed by atoms with E-state index >= 15 is 0 Å². The topological polar surface area (TPSA) is 251 Å². The van der Waals surface area contributed by atoms with Crippen molar-refractivity contribution >= 4 is 28.1 Å². The van der Waals surface area contributed by atoms with Gasteiger partial charge in [-0.1, -0.05) is 12.1 Å². The Balaban J connectivity index is 1.65. The number of benzene rings is 2. The summed E-state index contributed by atoms with van der Waals surface area (Å²) in [5.41, 5.74) is 5.65. The average Bonchev–Trinajstić information content (AvgIpc) is 3.31. The van der Waals surface area contributed by atoms with Crippen molar-refractivity contribution in [3.8, 4) is 23.0 Å².